The van der Waals surface area contributed by atoms with Gasteiger partial charge >= 0.3 is 0 Å². The van der Waals surface area contributed by atoms with Gasteiger partial charge in [0.2, 0.25) is 0 Å². The first-order valence-corrected chi connectivity index (χ1v) is 8.17. The van der Waals surface area contributed by atoms with Crippen molar-refractivity contribution in [2.75, 3.05) is 39.4 Å². The Morgan fingerprint density at radius 1 is 1.00 bits per heavy atom. The second-order valence-electron chi connectivity index (χ2n) is 5.79. The van der Waals surface area contributed by atoms with Gasteiger partial charge in [-0.05, 0) is 35.4 Å². The molecule has 1 heterocycles. The monoisotopic (exact) mass is 328 g/mol. The van der Waals surface area contributed by atoms with E-state index in [-0.39, 0.29) is 11.7 Å². The highest BCUT2D eigenvalue weighted by atomic mass is 19.1. The first-order valence-electron chi connectivity index (χ1n) is 8.17. The maximum atomic E-state index is 13.0. The predicted molar refractivity (Wildman–Crippen MR) is 91.4 cm³/mol. The lowest BCUT2D eigenvalue weighted by Crippen LogP contribution is -2.41. The molecule has 4 nitrogen and oxygen atoms in total. The zero-order chi connectivity index (χ0) is 16.8. The van der Waals surface area contributed by atoms with Crippen LogP contribution in [0, 0.1) is 5.82 Å². The van der Waals surface area contributed by atoms with Crippen LogP contribution >= 0.6 is 0 Å². The van der Waals surface area contributed by atoms with E-state index in [1.807, 2.05) is 12.1 Å². The Morgan fingerprint density at radius 2 is 1.58 bits per heavy atom. The number of carbonyl (C=O) groups excluding carboxylic acids is 1. The summed E-state index contributed by atoms with van der Waals surface area (Å²) in [5.74, 6) is -0.330. The minimum absolute atomic E-state index is 0.0751. The number of hydrogen-bond acceptors (Lipinski definition) is 3. The van der Waals surface area contributed by atoms with Crippen molar-refractivity contribution in [2.45, 2.75) is 0 Å². The van der Waals surface area contributed by atoms with Crippen LogP contribution in [-0.2, 0) is 4.74 Å². The fourth-order valence-electron chi connectivity index (χ4n) is 2.71. The smallest absolute Gasteiger partial charge is 0.251 e. The summed E-state index contributed by atoms with van der Waals surface area (Å²) in [5.41, 5.74) is 2.51. The van der Waals surface area contributed by atoms with Crippen molar-refractivity contribution in [2.24, 2.45) is 0 Å². The summed E-state index contributed by atoms with van der Waals surface area (Å²) in [6.45, 7) is 4.82. The number of nitrogens with zero attached hydrogens (tertiary/aromatic N) is 1. The molecule has 0 aliphatic carbocycles. The Labute approximate surface area is 141 Å². The number of hydrogen-bond donors (Lipinski definition) is 1. The molecular weight excluding hydrogens is 307 g/mol. The van der Waals surface area contributed by atoms with Gasteiger partial charge in [0.05, 0.1) is 13.2 Å². The van der Waals surface area contributed by atoms with Gasteiger partial charge < -0.3 is 10.1 Å². The number of carbonyl (C=O) groups is 1. The Morgan fingerprint density at radius 3 is 2.21 bits per heavy atom. The normalized spacial score (nSPS) is 15.2. The maximum Gasteiger partial charge on any atom is 0.251 e. The van der Waals surface area contributed by atoms with E-state index in [0.29, 0.717) is 12.1 Å². The molecule has 126 valence electrons. The van der Waals surface area contributed by atoms with Gasteiger partial charge in [-0.15, -0.1) is 0 Å². The molecule has 1 amide bonds. The fraction of sp³-hybridized carbons (Fsp3) is 0.316. The molecule has 1 saturated heterocycles. The minimum atomic E-state index is -0.255. The molecule has 0 spiro atoms. The molecule has 1 fully saturated rings. The van der Waals surface area contributed by atoms with Crippen molar-refractivity contribution in [3.05, 3.63) is 59.9 Å². The quantitative estimate of drug-likeness (QED) is 0.917. The summed E-state index contributed by atoms with van der Waals surface area (Å²) < 4.78 is 18.3. The molecule has 0 radical (unpaired) electrons. The van der Waals surface area contributed by atoms with Crippen LogP contribution in [-0.4, -0.2) is 50.2 Å². The van der Waals surface area contributed by atoms with Gasteiger partial charge in [-0.1, -0.05) is 24.3 Å². The van der Waals surface area contributed by atoms with Gasteiger partial charge in [-0.2, -0.15) is 0 Å². The Balaban J connectivity index is 1.52. The molecular formula is C19H21FN2O2. The van der Waals surface area contributed by atoms with E-state index in [2.05, 4.69) is 10.2 Å². The standard InChI is InChI=1S/C19H21FN2O2/c20-18-7-5-16(6-8-18)15-1-3-17(4-2-15)19(23)21-9-10-22-11-13-24-14-12-22/h1-8H,9-14H2,(H,21,23). The molecule has 5 heteroatoms. The van der Waals surface area contributed by atoms with Crippen LogP contribution in [0.25, 0.3) is 11.1 Å². The van der Waals surface area contributed by atoms with Crippen LogP contribution < -0.4 is 5.32 Å². The number of rotatable bonds is 5. The van der Waals surface area contributed by atoms with E-state index in [1.165, 1.54) is 12.1 Å². The summed E-state index contributed by atoms with van der Waals surface area (Å²) in [4.78, 5) is 14.5. The van der Waals surface area contributed by atoms with Crippen molar-refractivity contribution >= 4 is 5.91 Å². The van der Waals surface area contributed by atoms with Crippen LogP contribution in [0.1, 0.15) is 10.4 Å². The maximum absolute atomic E-state index is 13.0. The van der Waals surface area contributed by atoms with Crippen LogP contribution in [0.3, 0.4) is 0 Å². The highest BCUT2D eigenvalue weighted by Crippen LogP contribution is 2.20. The Kier molecular flexibility index (Phi) is 5.56. The number of morpholine rings is 1. The van der Waals surface area contributed by atoms with E-state index < -0.39 is 0 Å². The van der Waals surface area contributed by atoms with E-state index in [1.54, 1.807) is 24.3 Å². The number of halogens is 1. The van der Waals surface area contributed by atoms with Crippen LogP contribution in [0.2, 0.25) is 0 Å². The molecule has 2 aromatic rings. The third-order valence-electron chi connectivity index (χ3n) is 4.14. The molecule has 0 aromatic heterocycles. The average Bonchev–Trinajstić information content (AvgIpc) is 2.63. The molecule has 0 bridgehead atoms. The number of amides is 1. The van der Waals surface area contributed by atoms with Gasteiger partial charge in [0.1, 0.15) is 5.82 Å². The zero-order valence-corrected chi connectivity index (χ0v) is 13.5. The molecule has 1 aliphatic heterocycles. The topological polar surface area (TPSA) is 41.6 Å². The first-order chi connectivity index (χ1) is 11.7. The predicted octanol–water partition coefficient (Wildman–Crippen LogP) is 2.55. The lowest BCUT2D eigenvalue weighted by Gasteiger charge is -2.26. The number of nitrogens with one attached hydrogen (secondary N) is 1. The van der Waals surface area contributed by atoms with Gasteiger partial charge in [-0.3, -0.25) is 9.69 Å². The van der Waals surface area contributed by atoms with E-state index in [4.69, 9.17) is 4.74 Å². The second-order valence-corrected chi connectivity index (χ2v) is 5.79. The highest BCUT2D eigenvalue weighted by molar-refractivity contribution is 5.94. The van der Waals surface area contributed by atoms with E-state index >= 15 is 0 Å². The van der Waals surface area contributed by atoms with Gasteiger partial charge in [0, 0.05) is 31.7 Å². The van der Waals surface area contributed by atoms with Crippen molar-refractivity contribution in [3.8, 4) is 11.1 Å². The molecule has 3 rings (SSSR count). The molecule has 0 saturated carbocycles. The summed E-state index contributed by atoms with van der Waals surface area (Å²) in [6, 6.07) is 13.7. The van der Waals surface area contributed by atoms with Gasteiger partial charge in [0.25, 0.3) is 5.91 Å². The average molecular weight is 328 g/mol. The second kappa shape index (κ2) is 8.04. The third-order valence-corrected chi connectivity index (χ3v) is 4.14. The first kappa shape index (κ1) is 16.6. The molecule has 24 heavy (non-hydrogen) atoms. The highest BCUT2D eigenvalue weighted by Gasteiger charge is 2.11. The summed E-state index contributed by atoms with van der Waals surface area (Å²) in [7, 11) is 0. The lowest BCUT2D eigenvalue weighted by atomic mass is 10.0. The summed E-state index contributed by atoms with van der Waals surface area (Å²) >= 11 is 0. The Hall–Kier alpha value is -2.24. The van der Waals surface area contributed by atoms with Crippen molar-refractivity contribution in [1.82, 2.24) is 10.2 Å². The fourth-order valence-corrected chi connectivity index (χ4v) is 2.71. The Bertz CT molecular complexity index is 665. The SMILES string of the molecule is O=C(NCCN1CCOCC1)c1ccc(-c2ccc(F)cc2)cc1. The van der Waals surface area contributed by atoms with Crippen molar-refractivity contribution in [3.63, 3.8) is 0 Å². The summed E-state index contributed by atoms with van der Waals surface area (Å²) in [6.07, 6.45) is 0. The van der Waals surface area contributed by atoms with Gasteiger partial charge in [0.15, 0.2) is 0 Å². The van der Waals surface area contributed by atoms with Crippen molar-refractivity contribution in [1.29, 1.82) is 0 Å². The lowest BCUT2D eigenvalue weighted by molar-refractivity contribution is 0.0383. The molecule has 2 aromatic carbocycles. The van der Waals surface area contributed by atoms with Gasteiger partial charge in [-0.25, -0.2) is 4.39 Å². The molecule has 1 aliphatic rings. The van der Waals surface area contributed by atoms with Crippen LogP contribution in [0.15, 0.2) is 48.5 Å². The third kappa shape index (κ3) is 4.40. The van der Waals surface area contributed by atoms with E-state index in [9.17, 15) is 9.18 Å². The van der Waals surface area contributed by atoms with E-state index in [0.717, 1.165) is 44.0 Å². The number of ether oxygens (including phenoxy) is 1. The number of benzene rings is 2. The molecule has 0 unspecified atom stereocenters. The molecule has 1 N–H and O–H groups in total. The minimum Gasteiger partial charge on any atom is -0.379 e. The van der Waals surface area contributed by atoms with Crippen LogP contribution in [0.4, 0.5) is 4.39 Å². The molecule has 0 atom stereocenters. The zero-order valence-electron chi connectivity index (χ0n) is 13.5. The van der Waals surface area contributed by atoms with Crippen LogP contribution in [0.5, 0.6) is 0 Å². The largest absolute Gasteiger partial charge is 0.379 e. The summed E-state index contributed by atoms with van der Waals surface area (Å²) in [5, 5.41) is 2.94. The van der Waals surface area contributed by atoms with Crippen molar-refractivity contribution < 1.29 is 13.9 Å².